The molecule has 0 aliphatic carbocycles. The van der Waals surface area contributed by atoms with E-state index < -0.39 is 23.2 Å². The molecular weight excluding hydrogens is 433 g/mol. The van der Waals surface area contributed by atoms with Gasteiger partial charge in [-0.3, -0.25) is 9.69 Å². The summed E-state index contributed by atoms with van der Waals surface area (Å²) in [6.45, 7) is 5.07. The van der Waals surface area contributed by atoms with Crippen molar-refractivity contribution in [1.29, 1.82) is 0 Å². The Morgan fingerprint density at radius 1 is 1.00 bits per heavy atom. The van der Waals surface area contributed by atoms with Gasteiger partial charge in [0.25, 0.3) is 5.91 Å². The first kappa shape index (κ1) is 24.8. The highest BCUT2D eigenvalue weighted by molar-refractivity contribution is 6.11. The molecule has 0 bridgehead atoms. The molecular formula is C25H29F3N2O3. The zero-order valence-corrected chi connectivity index (χ0v) is 18.9. The van der Waals surface area contributed by atoms with E-state index in [0.29, 0.717) is 12.1 Å². The molecule has 2 aromatic carbocycles. The Hall–Kier alpha value is -2.87. The van der Waals surface area contributed by atoms with E-state index in [-0.39, 0.29) is 32.1 Å². The van der Waals surface area contributed by atoms with Crippen molar-refractivity contribution in [3.05, 3.63) is 71.3 Å². The minimum Gasteiger partial charge on any atom is -0.464 e. The fourth-order valence-corrected chi connectivity index (χ4v) is 3.88. The Bertz CT molecular complexity index is 948. The molecule has 8 heteroatoms. The Morgan fingerprint density at radius 2 is 1.61 bits per heavy atom. The average molecular weight is 463 g/mol. The normalized spacial score (nSPS) is 19.7. The summed E-state index contributed by atoms with van der Waals surface area (Å²) in [5.41, 5.74) is -0.709. The van der Waals surface area contributed by atoms with Crippen LogP contribution < -0.4 is 0 Å². The van der Waals surface area contributed by atoms with Gasteiger partial charge in [0, 0.05) is 19.6 Å². The number of unbranched alkanes of at least 4 members (excludes halogenated alkanes) is 1. The molecule has 3 rings (SSSR count). The fraction of sp³-hybridized carbons (Fsp3) is 0.440. The molecule has 1 aliphatic heterocycles. The summed E-state index contributed by atoms with van der Waals surface area (Å²) in [4.78, 5) is 30.0. The van der Waals surface area contributed by atoms with Gasteiger partial charge >= 0.3 is 12.1 Å². The first-order valence-corrected chi connectivity index (χ1v) is 11.1. The first-order chi connectivity index (χ1) is 15.7. The second-order valence-electron chi connectivity index (χ2n) is 8.20. The second kappa shape index (κ2) is 10.4. The molecule has 1 heterocycles. The predicted molar refractivity (Wildman–Crippen MR) is 118 cm³/mol. The van der Waals surface area contributed by atoms with Crippen LogP contribution in [0.1, 0.15) is 43.4 Å². The van der Waals surface area contributed by atoms with Gasteiger partial charge in [-0.1, -0.05) is 55.8 Å². The minimum absolute atomic E-state index is 0.0780. The van der Waals surface area contributed by atoms with Crippen molar-refractivity contribution in [2.24, 2.45) is 0 Å². The lowest BCUT2D eigenvalue weighted by Crippen LogP contribution is -2.49. The summed E-state index contributed by atoms with van der Waals surface area (Å²) >= 11 is 0. The molecule has 2 aromatic rings. The molecule has 2 atom stereocenters. The molecule has 2 unspecified atom stereocenters. The number of carbonyl (C=O) groups is 2. The topological polar surface area (TPSA) is 49.6 Å². The van der Waals surface area contributed by atoms with Gasteiger partial charge in [-0.25, -0.2) is 4.79 Å². The Balaban J connectivity index is 1.89. The molecule has 0 saturated carbocycles. The molecule has 0 N–H and O–H groups in total. The van der Waals surface area contributed by atoms with E-state index in [9.17, 15) is 22.8 Å². The molecule has 5 nitrogen and oxygen atoms in total. The summed E-state index contributed by atoms with van der Waals surface area (Å²) < 4.78 is 44.1. The maximum absolute atomic E-state index is 13.8. The van der Waals surface area contributed by atoms with Crippen LogP contribution in [0, 0.1) is 0 Å². The van der Waals surface area contributed by atoms with Gasteiger partial charge in [0.1, 0.15) is 0 Å². The molecule has 1 aliphatic rings. The van der Waals surface area contributed by atoms with Crippen LogP contribution >= 0.6 is 0 Å². The third kappa shape index (κ3) is 5.74. The number of ether oxygens (including phenoxy) is 1. The van der Waals surface area contributed by atoms with E-state index >= 15 is 0 Å². The van der Waals surface area contributed by atoms with Crippen LogP contribution in [-0.2, 0) is 33.6 Å². The zero-order chi connectivity index (χ0) is 24.1. The van der Waals surface area contributed by atoms with Gasteiger partial charge in [-0.05, 0) is 43.1 Å². The van der Waals surface area contributed by atoms with Crippen LogP contribution in [-0.4, -0.2) is 46.9 Å². The second-order valence-corrected chi connectivity index (χ2v) is 8.20. The standard InChI is InChI=1S/C25H29F3N2O3/c1-3-5-15-30-18-24(30,23(32)33-4-2)22(31)29(16-19-9-7-6-8-10-19)17-20-11-13-21(14-12-20)25(26,27)28/h6-14H,3-5,15-18H2,1-2H3. The highest BCUT2D eigenvalue weighted by atomic mass is 19.4. The van der Waals surface area contributed by atoms with Crippen LogP contribution in [0.3, 0.4) is 0 Å². The predicted octanol–water partition coefficient (Wildman–Crippen LogP) is 4.65. The monoisotopic (exact) mass is 462 g/mol. The number of alkyl halides is 3. The van der Waals surface area contributed by atoms with E-state index in [4.69, 9.17) is 4.74 Å². The first-order valence-electron chi connectivity index (χ1n) is 11.1. The van der Waals surface area contributed by atoms with Crippen LogP contribution in [0.5, 0.6) is 0 Å². The molecule has 1 fully saturated rings. The molecule has 33 heavy (non-hydrogen) atoms. The van der Waals surface area contributed by atoms with Crippen molar-refractivity contribution >= 4 is 11.9 Å². The third-order valence-corrected chi connectivity index (χ3v) is 5.76. The van der Waals surface area contributed by atoms with E-state index in [1.54, 1.807) is 6.92 Å². The fourth-order valence-electron chi connectivity index (χ4n) is 3.88. The summed E-state index contributed by atoms with van der Waals surface area (Å²) in [7, 11) is 0. The summed E-state index contributed by atoms with van der Waals surface area (Å²) in [6.07, 6.45) is -2.67. The lowest BCUT2D eigenvalue weighted by Gasteiger charge is -2.27. The smallest absolute Gasteiger partial charge is 0.416 e. The number of halogens is 3. The van der Waals surface area contributed by atoms with Crippen LogP contribution in [0.2, 0.25) is 0 Å². The van der Waals surface area contributed by atoms with Crippen molar-refractivity contribution < 1.29 is 27.5 Å². The maximum atomic E-state index is 13.8. The molecule has 0 aromatic heterocycles. The van der Waals surface area contributed by atoms with E-state index in [1.165, 1.54) is 17.0 Å². The lowest BCUT2D eigenvalue weighted by atomic mass is 10.1. The molecule has 0 spiro atoms. The maximum Gasteiger partial charge on any atom is 0.416 e. The number of amides is 1. The van der Waals surface area contributed by atoms with Gasteiger partial charge < -0.3 is 9.64 Å². The SMILES string of the molecule is CCCCN1CC1(C(=O)OCC)C(=O)N(Cc1ccccc1)Cc1ccc(C(F)(F)F)cc1. The van der Waals surface area contributed by atoms with Crippen LogP contribution in [0.25, 0.3) is 0 Å². The number of hydrogen-bond acceptors (Lipinski definition) is 4. The van der Waals surface area contributed by atoms with Gasteiger partial charge in [0.05, 0.1) is 12.2 Å². The Kier molecular flexibility index (Phi) is 7.79. The van der Waals surface area contributed by atoms with E-state index in [0.717, 1.165) is 30.5 Å². The largest absolute Gasteiger partial charge is 0.464 e. The van der Waals surface area contributed by atoms with E-state index in [1.807, 2.05) is 42.2 Å². The zero-order valence-electron chi connectivity index (χ0n) is 18.9. The highest BCUT2D eigenvalue weighted by Crippen LogP contribution is 2.37. The Morgan fingerprint density at radius 3 is 2.15 bits per heavy atom. The number of rotatable bonds is 10. The van der Waals surface area contributed by atoms with Crippen LogP contribution in [0.4, 0.5) is 13.2 Å². The minimum atomic E-state index is -4.43. The molecule has 0 radical (unpaired) electrons. The van der Waals surface area contributed by atoms with Crippen molar-refractivity contribution in [2.45, 2.75) is 51.5 Å². The van der Waals surface area contributed by atoms with Crippen molar-refractivity contribution in [3.8, 4) is 0 Å². The highest BCUT2D eigenvalue weighted by Gasteiger charge is 2.66. The molecule has 178 valence electrons. The molecule has 1 saturated heterocycles. The number of nitrogens with zero attached hydrogens (tertiary/aromatic N) is 2. The quantitative estimate of drug-likeness (QED) is 0.293. The number of benzene rings is 2. The summed E-state index contributed by atoms with van der Waals surface area (Å²) in [6, 6.07) is 14.0. The number of carbonyl (C=O) groups excluding carboxylic acids is 2. The van der Waals surface area contributed by atoms with Gasteiger partial charge in [-0.2, -0.15) is 13.2 Å². The average Bonchev–Trinajstić information content (AvgIpc) is 3.53. The van der Waals surface area contributed by atoms with Crippen molar-refractivity contribution in [3.63, 3.8) is 0 Å². The van der Waals surface area contributed by atoms with Gasteiger partial charge in [-0.15, -0.1) is 0 Å². The summed E-state index contributed by atoms with van der Waals surface area (Å²) in [5.74, 6) is -0.961. The third-order valence-electron chi connectivity index (χ3n) is 5.76. The number of hydrogen-bond donors (Lipinski definition) is 0. The van der Waals surface area contributed by atoms with Crippen molar-refractivity contribution in [2.75, 3.05) is 19.7 Å². The van der Waals surface area contributed by atoms with Gasteiger partial charge in [0.15, 0.2) is 0 Å². The summed E-state index contributed by atoms with van der Waals surface area (Å²) in [5, 5.41) is 0. The Labute approximate surface area is 192 Å². The lowest BCUT2D eigenvalue weighted by molar-refractivity contribution is -0.155. The molecule has 1 amide bonds. The van der Waals surface area contributed by atoms with Gasteiger partial charge in [0.2, 0.25) is 5.54 Å². The van der Waals surface area contributed by atoms with Crippen molar-refractivity contribution in [1.82, 2.24) is 9.80 Å². The number of esters is 1. The van der Waals surface area contributed by atoms with Crippen LogP contribution in [0.15, 0.2) is 54.6 Å². The van der Waals surface area contributed by atoms with E-state index in [2.05, 4.69) is 0 Å².